The molecular formula is C34H32FN5O3. The van der Waals surface area contributed by atoms with Crippen LogP contribution < -0.4 is 20.1 Å². The lowest BCUT2D eigenvalue weighted by atomic mass is 9.99. The van der Waals surface area contributed by atoms with Crippen LogP contribution in [0.15, 0.2) is 85.2 Å². The van der Waals surface area contributed by atoms with E-state index in [0.717, 1.165) is 59.6 Å². The van der Waals surface area contributed by atoms with Gasteiger partial charge in [0.1, 0.15) is 18.0 Å². The number of nitrogens with zero attached hydrogens (tertiary/aromatic N) is 3. The highest BCUT2D eigenvalue weighted by Crippen LogP contribution is 2.33. The van der Waals surface area contributed by atoms with Gasteiger partial charge in [-0.25, -0.2) is 14.4 Å². The van der Waals surface area contributed by atoms with Crippen LogP contribution in [0.1, 0.15) is 21.5 Å². The summed E-state index contributed by atoms with van der Waals surface area (Å²) in [6.07, 6.45) is 2.38. The molecule has 4 aromatic carbocycles. The van der Waals surface area contributed by atoms with Crippen LogP contribution in [0.25, 0.3) is 22.0 Å². The van der Waals surface area contributed by atoms with Gasteiger partial charge in [-0.2, -0.15) is 0 Å². The first-order valence-corrected chi connectivity index (χ1v) is 14.1. The Bertz CT molecular complexity index is 1780. The van der Waals surface area contributed by atoms with Gasteiger partial charge < -0.3 is 20.1 Å². The Balaban J connectivity index is 1.09. The molecule has 2 N–H and O–H groups in total. The van der Waals surface area contributed by atoms with Crippen molar-refractivity contribution in [3.63, 3.8) is 0 Å². The molecule has 0 saturated carbocycles. The lowest BCUT2D eigenvalue weighted by Gasteiger charge is -2.29. The minimum Gasteiger partial charge on any atom is -0.493 e. The van der Waals surface area contributed by atoms with Crippen molar-refractivity contribution < 1.29 is 18.7 Å². The van der Waals surface area contributed by atoms with Crippen LogP contribution in [0.4, 0.5) is 15.9 Å². The molecule has 2 heterocycles. The third kappa shape index (κ3) is 6.12. The summed E-state index contributed by atoms with van der Waals surface area (Å²) in [7, 11) is 3.30. The lowest BCUT2D eigenvalue weighted by molar-refractivity contribution is 0.0947. The van der Waals surface area contributed by atoms with E-state index in [1.807, 2.05) is 48.5 Å². The molecule has 6 rings (SSSR count). The van der Waals surface area contributed by atoms with E-state index in [4.69, 9.17) is 9.47 Å². The van der Waals surface area contributed by atoms with E-state index in [0.29, 0.717) is 23.6 Å². The van der Waals surface area contributed by atoms with Gasteiger partial charge >= 0.3 is 0 Å². The number of benzene rings is 4. The molecule has 1 amide bonds. The molecule has 0 fully saturated rings. The van der Waals surface area contributed by atoms with E-state index in [-0.39, 0.29) is 11.7 Å². The van der Waals surface area contributed by atoms with Gasteiger partial charge in [-0.1, -0.05) is 30.3 Å². The topological polar surface area (TPSA) is 88.6 Å². The van der Waals surface area contributed by atoms with Crippen LogP contribution in [0.5, 0.6) is 11.5 Å². The third-order valence-electron chi connectivity index (χ3n) is 7.75. The van der Waals surface area contributed by atoms with Crippen molar-refractivity contribution in [2.75, 3.05) is 39.2 Å². The molecule has 1 aliphatic rings. The zero-order valence-electron chi connectivity index (χ0n) is 24.1. The minimum absolute atomic E-state index is 0.112. The second-order valence-corrected chi connectivity index (χ2v) is 10.4. The number of aromatic nitrogens is 2. The summed E-state index contributed by atoms with van der Waals surface area (Å²) in [5.74, 6) is 1.53. The van der Waals surface area contributed by atoms with Crippen molar-refractivity contribution in [1.82, 2.24) is 20.2 Å². The number of methoxy groups -OCH3 is 2. The predicted octanol–water partition coefficient (Wildman–Crippen LogP) is 5.98. The molecule has 43 heavy (non-hydrogen) atoms. The number of para-hydroxylation sites is 1. The molecular weight excluding hydrogens is 545 g/mol. The van der Waals surface area contributed by atoms with Crippen molar-refractivity contribution in [1.29, 1.82) is 0 Å². The number of anilines is 2. The minimum atomic E-state index is -0.359. The highest BCUT2D eigenvalue weighted by atomic mass is 19.1. The van der Waals surface area contributed by atoms with Gasteiger partial charge in [0.05, 0.1) is 25.4 Å². The molecule has 1 aromatic heterocycles. The molecule has 0 spiro atoms. The number of hydrogen-bond donors (Lipinski definition) is 2. The summed E-state index contributed by atoms with van der Waals surface area (Å²) in [5, 5.41) is 6.90. The maximum atomic E-state index is 14.2. The largest absolute Gasteiger partial charge is 0.493 e. The van der Waals surface area contributed by atoms with Crippen molar-refractivity contribution in [2.24, 2.45) is 0 Å². The van der Waals surface area contributed by atoms with Crippen LogP contribution in [0.2, 0.25) is 0 Å². The normalized spacial score (nSPS) is 12.9. The Morgan fingerprint density at radius 2 is 1.65 bits per heavy atom. The second-order valence-electron chi connectivity index (χ2n) is 10.4. The van der Waals surface area contributed by atoms with Crippen molar-refractivity contribution >= 4 is 28.3 Å². The molecule has 5 aromatic rings. The first-order valence-electron chi connectivity index (χ1n) is 14.1. The van der Waals surface area contributed by atoms with Crippen LogP contribution in [-0.4, -0.2) is 54.6 Å². The van der Waals surface area contributed by atoms with E-state index in [1.165, 1.54) is 23.5 Å². The fraction of sp³-hybridized carbons (Fsp3) is 0.206. The van der Waals surface area contributed by atoms with Crippen molar-refractivity contribution in [3.8, 4) is 22.6 Å². The zero-order valence-corrected chi connectivity index (χ0v) is 24.1. The molecule has 218 valence electrons. The van der Waals surface area contributed by atoms with Crippen LogP contribution in [-0.2, 0) is 13.0 Å². The van der Waals surface area contributed by atoms with Crippen LogP contribution >= 0.6 is 0 Å². The number of hydrogen-bond acceptors (Lipinski definition) is 7. The van der Waals surface area contributed by atoms with Gasteiger partial charge in [0.2, 0.25) is 0 Å². The average Bonchev–Trinajstić information content (AvgIpc) is 3.05. The Morgan fingerprint density at radius 1 is 0.907 bits per heavy atom. The van der Waals surface area contributed by atoms with Gasteiger partial charge in [0.25, 0.3) is 5.91 Å². The van der Waals surface area contributed by atoms with E-state index < -0.39 is 0 Å². The monoisotopic (exact) mass is 577 g/mol. The first kappa shape index (κ1) is 28.1. The Morgan fingerprint density at radius 3 is 2.42 bits per heavy atom. The standard InChI is InChI=1S/C34H32FN5O3/c1-42-31-18-25-13-15-40(20-26(25)19-32(31)43-2)16-14-36-34(41)23-9-7-22(8-10-23)24-11-12-29-27(17-24)33(38-21-37-29)39-30-6-4-3-5-28(30)35/h3-12,17-19,21H,13-16,20H2,1-2H3,(H,36,41)(H,37,38,39). The number of carbonyl (C=O) groups excluding carboxylic acids is 1. The number of halogens is 1. The van der Waals surface area contributed by atoms with Gasteiger partial charge in [-0.3, -0.25) is 9.69 Å². The van der Waals surface area contributed by atoms with Gasteiger partial charge in [0, 0.05) is 37.1 Å². The molecule has 9 heteroatoms. The molecule has 0 atom stereocenters. The summed E-state index contributed by atoms with van der Waals surface area (Å²) in [6.45, 7) is 3.02. The Kier molecular flexibility index (Phi) is 8.15. The molecule has 0 unspecified atom stereocenters. The molecule has 0 radical (unpaired) electrons. The molecule has 0 saturated heterocycles. The van der Waals surface area contributed by atoms with E-state index >= 15 is 0 Å². The van der Waals surface area contributed by atoms with E-state index in [1.54, 1.807) is 32.4 Å². The third-order valence-corrected chi connectivity index (χ3v) is 7.75. The van der Waals surface area contributed by atoms with Crippen molar-refractivity contribution in [2.45, 2.75) is 13.0 Å². The van der Waals surface area contributed by atoms with Crippen molar-refractivity contribution in [3.05, 3.63) is 108 Å². The Labute approximate surface area is 249 Å². The SMILES string of the molecule is COc1cc2c(cc1OC)CN(CCNC(=O)c1ccc(-c3ccc4ncnc(Nc5ccccc5F)c4c3)cc1)CC2. The van der Waals surface area contributed by atoms with E-state index in [2.05, 4.69) is 31.6 Å². The van der Waals surface area contributed by atoms with Gasteiger partial charge in [-0.15, -0.1) is 0 Å². The van der Waals surface area contributed by atoms with Crippen LogP contribution in [0, 0.1) is 5.82 Å². The molecule has 0 aliphatic carbocycles. The number of amides is 1. The first-order chi connectivity index (χ1) is 21.0. The summed E-state index contributed by atoms with van der Waals surface area (Å²) < 4.78 is 25.1. The second kappa shape index (κ2) is 12.5. The zero-order chi connectivity index (χ0) is 29.8. The summed E-state index contributed by atoms with van der Waals surface area (Å²) >= 11 is 0. The highest BCUT2D eigenvalue weighted by molar-refractivity contribution is 5.96. The highest BCUT2D eigenvalue weighted by Gasteiger charge is 2.19. The van der Waals surface area contributed by atoms with Crippen LogP contribution in [0.3, 0.4) is 0 Å². The summed E-state index contributed by atoms with van der Waals surface area (Å²) in [4.78, 5) is 23.9. The van der Waals surface area contributed by atoms with Gasteiger partial charge in [0.15, 0.2) is 11.5 Å². The predicted molar refractivity (Wildman–Crippen MR) is 166 cm³/mol. The average molecular weight is 578 g/mol. The fourth-order valence-electron chi connectivity index (χ4n) is 5.40. The lowest BCUT2D eigenvalue weighted by Crippen LogP contribution is -2.37. The molecule has 8 nitrogen and oxygen atoms in total. The maximum Gasteiger partial charge on any atom is 0.251 e. The quantitative estimate of drug-likeness (QED) is 0.223. The Hall–Kier alpha value is -5.02. The number of ether oxygens (including phenoxy) is 2. The van der Waals surface area contributed by atoms with Gasteiger partial charge in [-0.05, 0) is 77.2 Å². The summed E-state index contributed by atoms with van der Waals surface area (Å²) in [6, 6.07) is 23.9. The molecule has 1 aliphatic heterocycles. The van der Waals surface area contributed by atoms with E-state index in [9.17, 15) is 9.18 Å². The smallest absolute Gasteiger partial charge is 0.251 e. The number of rotatable bonds is 9. The summed E-state index contributed by atoms with van der Waals surface area (Å²) in [5.41, 5.74) is 6.05. The molecule has 0 bridgehead atoms. The number of nitrogens with one attached hydrogen (secondary N) is 2. The fourth-order valence-corrected chi connectivity index (χ4v) is 5.40. The maximum absolute atomic E-state index is 14.2. The number of fused-ring (bicyclic) bond motifs is 2. The number of carbonyl (C=O) groups is 1.